The number of nitrogens with zero attached hydrogens (tertiary/aromatic N) is 1. The van der Waals surface area contributed by atoms with Crippen molar-refractivity contribution in [1.29, 1.82) is 0 Å². The van der Waals surface area contributed by atoms with Crippen LogP contribution in [-0.4, -0.2) is 29.4 Å². The van der Waals surface area contributed by atoms with E-state index in [1.54, 1.807) is 42.5 Å². The zero-order chi connectivity index (χ0) is 27.8. The maximum Gasteiger partial charge on any atom is 0.185 e. The van der Waals surface area contributed by atoms with E-state index in [9.17, 15) is 14.4 Å². The van der Waals surface area contributed by atoms with Crippen LogP contribution in [0.15, 0.2) is 97.1 Å². The summed E-state index contributed by atoms with van der Waals surface area (Å²) in [5, 5.41) is 1.09. The third kappa shape index (κ3) is 3.36. The molecular formula is C34H23Cl2NO3. The van der Waals surface area contributed by atoms with Crippen molar-refractivity contribution in [1.82, 2.24) is 0 Å². The second kappa shape index (κ2) is 9.02. The zero-order valence-corrected chi connectivity index (χ0v) is 23.0. The van der Waals surface area contributed by atoms with Crippen LogP contribution in [0.1, 0.15) is 53.7 Å². The first-order valence-electron chi connectivity index (χ1n) is 13.1. The van der Waals surface area contributed by atoms with Gasteiger partial charge in [-0.2, -0.15) is 0 Å². The molecule has 1 spiro atoms. The van der Waals surface area contributed by atoms with E-state index in [0.29, 0.717) is 32.3 Å². The van der Waals surface area contributed by atoms with Crippen molar-refractivity contribution >= 4 is 52.3 Å². The Morgan fingerprint density at radius 3 is 2.08 bits per heavy atom. The van der Waals surface area contributed by atoms with Crippen LogP contribution in [0.4, 0.5) is 5.69 Å². The molecule has 0 bridgehead atoms. The van der Waals surface area contributed by atoms with Gasteiger partial charge in [-0.3, -0.25) is 14.4 Å². The third-order valence-electron chi connectivity index (χ3n) is 8.60. The van der Waals surface area contributed by atoms with Gasteiger partial charge in [-0.1, -0.05) is 102 Å². The number of aryl methyl sites for hydroxylation is 1. The van der Waals surface area contributed by atoms with Gasteiger partial charge in [0.05, 0.1) is 6.04 Å². The maximum absolute atomic E-state index is 14.6. The fourth-order valence-corrected chi connectivity index (χ4v) is 7.19. The van der Waals surface area contributed by atoms with Crippen molar-refractivity contribution in [2.45, 2.75) is 24.9 Å². The highest BCUT2D eigenvalue weighted by molar-refractivity contribution is 6.33. The van der Waals surface area contributed by atoms with Gasteiger partial charge in [0, 0.05) is 38.3 Å². The van der Waals surface area contributed by atoms with Crippen LogP contribution in [0.3, 0.4) is 0 Å². The molecule has 0 amide bonds. The zero-order valence-electron chi connectivity index (χ0n) is 21.5. The van der Waals surface area contributed by atoms with Crippen LogP contribution in [0.2, 0.25) is 10.0 Å². The van der Waals surface area contributed by atoms with Gasteiger partial charge in [0.1, 0.15) is 11.5 Å². The highest BCUT2D eigenvalue weighted by Crippen LogP contribution is 2.61. The molecule has 3 atom stereocenters. The maximum atomic E-state index is 14.6. The van der Waals surface area contributed by atoms with Gasteiger partial charge in [0.2, 0.25) is 0 Å². The molecule has 2 aliphatic heterocycles. The monoisotopic (exact) mass is 563 g/mol. The molecule has 0 saturated carbocycles. The van der Waals surface area contributed by atoms with Crippen molar-refractivity contribution < 1.29 is 14.4 Å². The Kier molecular flexibility index (Phi) is 5.64. The van der Waals surface area contributed by atoms with Gasteiger partial charge in [0.15, 0.2) is 17.3 Å². The number of hydrogen-bond donors (Lipinski definition) is 0. The molecule has 4 nitrogen and oxygen atoms in total. The lowest BCUT2D eigenvalue weighted by molar-refractivity contribution is 0.0666. The third-order valence-corrected chi connectivity index (χ3v) is 9.09. The summed E-state index contributed by atoms with van der Waals surface area (Å²) in [4.78, 5) is 45.8. The summed E-state index contributed by atoms with van der Waals surface area (Å²) in [6, 6.07) is 25.5. The summed E-state index contributed by atoms with van der Waals surface area (Å²) in [5.41, 5.74) is 3.09. The summed E-state index contributed by atoms with van der Waals surface area (Å²) in [6.45, 7) is 1.97. The molecule has 1 fully saturated rings. The molecular weight excluding hydrogens is 541 g/mol. The molecule has 4 aromatic rings. The number of rotatable bonds is 3. The Bertz CT molecular complexity index is 1720. The van der Waals surface area contributed by atoms with E-state index in [-0.39, 0.29) is 17.3 Å². The highest BCUT2D eigenvalue weighted by Gasteiger charge is 2.71. The number of anilines is 1. The smallest absolute Gasteiger partial charge is 0.185 e. The topological polar surface area (TPSA) is 54.5 Å². The van der Waals surface area contributed by atoms with Crippen LogP contribution < -0.4 is 4.90 Å². The molecule has 0 unspecified atom stereocenters. The lowest BCUT2D eigenvalue weighted by Gasteiger charge is -2.37. The van der Waals surface area contributed by atoms with Gasteiger partial charge in [-0.05, 0) is 48.4 Å². The minimum absolute atomic E-state index is 0.158. The van der Waals surface area contributed by atoms with Crippen LogP contribution in [0, 0.1) is 12.3 Å². The average Bonchev–Trinajstić information content (AvgIpc) is 3.39. The number of hydrogen-bond acceptors (Lipinski definition) is 4. The predicted octanol–water partition coefficient (Wildman–Crippen LogP) is 7.62. The predicted molar refractivity (Wildman–Crippen MR) is 158 cm³/mol. The molecule has 3 aliphatic rings. The summed E-state index contributed by atoms with van der Waals surface area (Å²) >= 11 is 12.6. The number of fused-ring (bicyclic) bond motifs is 5. The number of halogens is 2. The van der Waals surface area contributed by atoms with Crippen molar-refractivity contribution in [3.8, 4) is 0 Å². The molecule has 6 heteroatoms. The molecule has 40 heavy (non-hydrogen) atoms. The van der Waals surface area contributed by atoms with Gasteiger partial charge < -0.3 is 4.90 Å². The summed E-state index contributed by atoms with van der Waals surface area (Å²) < 4.78 is 0. The quantitative estimate of drug-likeness (QED) is 0.190. The first kappa shape index (κ1) is 25.0. The Balaban J connectivity index is 1.54. The number of carbonyl (C=O) groups excluding carboxylic acids is 3. The number of Topliss-reactive ketones (excluding diaryl/α,β-unsaturated/α-hetero) is 3. The van der Waals surface area contributed by atoms with E-state index in [2.05, 4.69) is 0 Å². The van der Waals surface area contributed by atoms with E-state index >= 15 is 0 Å². The highest BCUT2D eigenvalue weighted by atomic mass is 35.5. The van der Waals surface area contributed by atoms with Crippen molar-refractivity contribution in [2.75, 3.05) is 4.90 Å². The fraction of sp³-hybridized carbons (Fsp3) is 0.147. The van der Waals surface area contributed by atoms with Gasteiger partial charge in [-0.15, -0.1) is 0 Å². The van der Waals surface area contributed by atoms with Crippen molar-refractivity contribution in [2.24, 2.45) is 5.41 Å². The first-order chi connectivity index (χ1) is 19.3. The average molecular weight is 564 g/mol. The van der Waals surface area contributed by atoms with Gasteiger partial charge >= 0.3 is 0 Å². The minimum Gasteiger partial charge on any atom is -0.352 e. The lowest BCUT2D eigenvalue weighted by atomic mass is 9.64. The Hall–Kier alpha value is -3.99. The Morgan fingerprint density at radius 2 is 1.43 bits per heavy atom. The molecule has 4 aromatic carbocycles. The van der Waals surface area contributed by atoms with E-state index in [1.807, 2.05) is 72.5 Å². The van der Waals surface area contributed by atoms with Gasteiger partial charge in [0.25, 0.3) is 0 Å². The van der Waals surface area contributed by atoms with E-state index < -0.39 is 23.4 Å². The van der Waals surface area contributed by atoms with Crippen LogP contribution >= 0.6 is 23.2 Å². The summed E-state index contributed by atoms with van der Waals surface area (Å²) in [7, 11) is 0. The lowest BCUT2D eigenvalue weighted by Crippen LogP contribution is -2.48. The molecule has 1 saturated heterocycles. The van der Waals surface area contributed by atoms with Crippen LogP contribution in [0.25, 0.3) is 6.08 Å². The fourth-order valence-electron chi connectivity index (χ4n) is 6.88. The number of benzene rings is 4. The van der Waals surface area contributed by atoms with Crippen LogP contribution in [0.5, 0.6) is 0 Å². The number of carbonyl (C=O) groups is 3. The summed E-state index contributed by atoms with van der Waals surface area (Å²) in [5.74, 6) is -1.45. The van der Waals surface area contributed by atoms with E-state index in [0.717, 1.165) is 16.8 Å². The Morgan fingerprint density at radius 1 is 0.800 bits per heavy atom. The van der Waals surface area contributed by atoms with Crippen molar-refractivity contribution in [3.63, 3.8) is 0 Å². The second-order valence-electron chi connectivity index (χ2n) is 10.7. The SMILES string of the molecule is Cc1ccc(C(=O)[C@H]2[C@H](c3ccc(Cl)cc3)C3(C(=O)c4ccccc4C3=O)[C@@H]3C=Cc4cc(Cl)ccc4N32)cc1. The molecule has 0 radical (unpaired) electrons. The molecule has 7 rings (SSSR count). The van der Waals surface area contributed by atoms with E-state index in [1.165, 1.54) is 0 Å². The Labute approximate surface area is 241 Å². The van der Waals surface area contributed by atoms with Crippen molar-refractivity contribution in [3.05, 3.63) is 140 Å². The molecule has 2 heterocycles. The first-order valence-corrected chi connectivity index (χ1v) is 13.9. The summed E-state index contributed by atoms with van der Waals surface area (Å²) in [6.07, 6.45) is 3.80. The van der Waals surface area contributed by atoms with E-state index in [4.69, 9.17) is 23.2 Å². The largest absolute Gasteiger partial charge is 0.352 e. The van der Waals surface area contributed by atoms with Crippen LogP contribution in [-0.2, 0) is 0 Å². The molecule has 0 N–H and O–H groups in total. The normalized spacial score (nSPS) is 21.9. The standard InChI is InChI=1S/C34H23Cl2NO3/c1-19-6-8-21(9-7-19)31(38)30-29(20-10-13-23(35)14-11-20)34(32(39)25-4-2-3-5-26(25)33(34)40)28-17-12-22-18-24(36)15-16-27(22)37(28)30/h2-18,28-30H,1H3/t28-,29-,30+/m0/s1. The number of ketones is 3. The second-order valence-corrected chi connectivity index (χ2v) is 11.6. The minimum atomic E-state index is -1.55. The molecule has 196 valence electrons. The van der Waals surface area contributed by atoms with Gasteiger partial charge in [-0.25, -0.2) is 0 Å². The molecule has 0 aromatic heterocycles. The molecule has 1 aliphatic carbocycles.